The number of aliphatic imine (C=N–C) groups is 1. The molecule has 0 spiro atoms. The van der Waals surface area contributed by atoms with Crippen LogP contribution < -0.4 is 5.73 Å². The molecule has 35 heavy (non-hydrogen) atoms. The smallest absolute Gasteiger partial charge is 0.383 e. The molecule has 4 aromatic rings. The first kappa shape index (κ1) is 22.6. The highest BCUT2D eigenvalue weighted by atomic mass is 19.4. The fourth-order valence-corrected chi connectivity index (χ4v) is 4.20. The molecule has 9 heteroatoms. The molecule has 0 amide bonds. The van der Waals surface area contributed by atoms with Crippen molar-refractivity contribution in [2.45, 2.75) is 12.4 Å². The van der Waals surface area contributed by atoms with Crippen molar-refractivity contribution in [3.05, 3.63) is 95.1 Å². The zero-order chi connectivity index (χ0) is 25.1. The minimum atomic E-state index is -4.59. The molecule has 1 aliphatic rings. The average molecular weight is 483 g/mol. The fraction of sp³-hybridized carbons (Fsp3) is 0.0769. The molecule has 0 fully saturated rings. The Balaban J connectivity index is 1.81. The Labute approximate surface area is 195 Å². The van der Waals surface area contributed by atoms with Gasteiger partial charge in [-0.2, -0.15) is 26.3 Å². The summed E-state index contributed by atoms with van der Waals surface area (Å²) in [6, 6.07) is 15.8. The molecule has 0 saturated carbocycles. The molecule has 0 aromatic heterocycles. The largest absolute Gasteiger partial charge is 0.416 e. The van der Waals surface area contributed by atoms with E-state index in [1.807, 2.05) is 0 Å². The van der Waals surface area contributed by atoms with Crippen LogP contribution in [0.1, 0.15) is 22.3 Å². The van der Waals surface area contributed by atoms with Gasteiger partial charge in [-0.05, 0) is 81.6 Å². The maximum absolute atomic E-state index is 13.4. The van der Waals surface area contributed by atoms with Crippen LogP contribution >= 0.6 is 0 Å². The molecule has 0 bridgehead atoms. The lowest BCUT2D eigenvalue weighted by molar-refractivity contribution is -0.138. The molecule has 1 aliphatic heterocycles. The van der Waals surface area contributed by atoms with E-state index in [1.54, 1.807) is 24.3 Å². The van der Waals surface area contributed by atoms with Crippen molar-refractivity contribution in [1.82, 2.24) is 0 Å². The van der Waals surface area contributed by atoms with Crippen molar-refractivity contribution in [3.8, 4) is 22.3 Å². The number of hydrogen-bond donors (Lipinski definition) is 2. The van der Waals surface area contributed by atoms with Crippen LogP contribution in [0.3, 0.4) is 0 Å². The Morgan fingerprint density at radius 3 is 1.49 bits per heavy atom. The first-order valence-corrected chi connectivity index (χ1v) is 10.3. The van der Waals surface area contributed by atoms with Crippen molar-refractivity contribution >= 4 is 22.4 Å². The SMILES string of the molecule is N=C1N=C(N)c2cc3cc(-c4cccc(C(F)(F)F)c4)c(-c4cccc(C(F)(F)F)c4)cc3cc21. The van der Waals surface area contributed by atoms with E-state index in [2.05, 4.69) is 4.99 Å². The number of nitrogens with two attached hydrogens (primary N) is 1. The third-order valence-corrected chi connectivity index (χ3v) is 5.88. The van der Waals surface area contributed by atoms with Crippen molar-refractivity contribution in [1.29, 1.82) is 5.41 Å². The number of nitrogens with one attached hydrogen (secondary N) is 1. The first-order chi connectivity index (χ1) is 16.4. The van der Waals surface area contributed by atoms with Gasteiger partial charge < -0.3 is 5.73 Å². The monoisotopic (exact) mass is 483 g/mol. The highest BCUT2D eigenvalue weighted by molar-refractivity contribution is 6.22. The van der Waals surface area contributed by atoms with Crippen LogP contribution in [0.2, 0.25) is 0 Å². The predicted molar refractivity (Wildman–Crippen MR) is 122 cm³/mol. The first-order valence-electron chi connectivity index (χ1n) is 10.3. The van der Waals surface area contributed by atoms with E-state index in [0.717, 1.165) is 24.3 Å². The van der Waals surface area contributed by atoms with Crippen LogP contribution in [0.5, 0.6) is 0 Å². The fourth-order valence-electron chi connectivity index (χ4n) is 4.20. The van der Waals surface area contributed by atoms with Crippen molar-refractivity contribution in [2.75, 3.05) is 0 Å². The van der Waals surface area contributed by atoms with Gasteiger partial charge in [-0.15, -0.1) is 0 Å². The number of fused-ring (bicyclic) bond motifs is 2. The van der Waals surface area contributed by atoms with Gasteiger partial charge in [-0.25, -0.2) is 4.99 Å². The van der Waals surface area contributed by atoms with Gasteiger partial charge in [0.25, 0.3) is 0 Å². The molecule has 5 rings (SSSR count). The summed E-state index contributed by atoms with van der Waals surface area (Å²) < 4.78 is 80.4. The van der Waals surface area contributed by atoms with Crippen molar-refractivity contribution < 1.29 is 26.3 Å². The van der Waals surface area contributed by atoms with Crippen molar-refractivity contribution in [3.63, 3.8) is 0 Å². The molecule has 0 atom stereocenters. The predicted octanol–water partition coefficient (Wildman–Crippen LogP) is 7.26. The van der Waals surface area contributed by atoms with Crippen LogP contribution in [-0.4, -0.2) is 11.7 Å². The van der Waals surface area contributed by atoms with Crippen LogP contribution in [0.15, 0.2) is 77.8 Å². The number of amidine groups is 2. The summed E-state index contributed by atoms with van der Waals surface area (Å²) in [5.74, 6) is 0.108. The van der Waals surface area contributed by atoms with Crippen molar-refractivity contribution in [2.24, 2.45) is 10.7 Å². The average Bonchev–Trinajstić information content (AvgIpc) is 3.08. The Kier molecular flexibility index (Phi) is 4.98. The summed E-state index contributed by atoms with van der Waals surface area (Å²) in [6.07, 6.45) is -9.18. The summed E-state index contributed by atoms with van der Waals surface area (Å²) in [7, 11) is 0. The van der Waals surface area contributed by atoms with Crippen LogP contribution in [0.4, 0.5) is 26.3 Å². The zero-order valence-corrected chi connectivity index (χ0v) is 17.7. The van der Waals surface area contributed by atoms with E-state index in [-0.39, 0.29) is 22.8 Å². The molecule has 0 aliphatic carbocycles. The maximum Gasteiger partial charge on any atom is 0.416 e. The molecule has 1 heterocycles. The summed E-state index contributed by atoms with van der Waals surface area (Å²) in [4.78, 5) is 3.95. The highest BCUT2D eigenvalue weighted by Crippen LogP contribution is 2.41. The van der Waals surface area contributed by atoms with Crippen LogP contribution in [-0.2, 0) is 12.4 Å². The van der Waals surface area contributed by atoms with E-state index >= 15 is 0 Å². The Bertz CT molecular complexity index is 1550. The number of nitrogens with zero attached hydrogens (tertiary/aromatic N) is 1. The summed E-state index contributed by atoms with van der Waals surface area (Å²) in [5.41, 5.74) is 6.18. The molecule has 3 nitrogen and oxygen atoms in total. The second kappa shape index (κ2) is 7.69. The van der Waals surface area contributed by atoms with Gasteiger partial charge in [0, 0.05) is 11.1 Å². The van der Waals surface area contributed by atoms with Gasteiger partial charge in [0.15, 0.2) is 5.84 Å². The molecular weight excluding hydrogens is 468 g/mol. The van der Waals surface area contributed by atoms with E-state index in [0.29, 0.717) is 33.0 Å². The quantitative estimate of drug-likeness (QED) is 0.290. The standard InChI is InChI=1S/C26H15F6N3/c27-25(28,29)17-5-1-3-13(7-17)19-9-15-11-21-22(24(34)35-23(21)33)12-16(15)10-20(19)14-4-2-6-18(8-14)26(30,31)32/h1-12H,(H3,33,34,35). The molecular formula is C26H15F6N3. The van der Waals surface area contributed by atoms with Gasteiger partial charge in [0.05, 0.1) is 11.1 Å². The van der Waals surface area contributed by atoms with E-state index in [9.17, 15) is 26.3 Å². The maximum atomic E-state index is 13.4. The lowest BCUT2D eigenvalue weighted by Crippen LogP contribution is -2.10. The second-order valence-corrected chi connectivity index (χ2v) is 8.15. The molecule has 0 radical (unpaired) electrons. The van der Waals surface area contributed by atoms with Crippen LogP contribution in [0.25, 0.3) is 33.0 Å². The number of benzene rings is 4. The van der Waals surface area contributed by atoms with E-state index in [1.165, 1.54) is 24.3 Å². The summed E-state index contributed by atoms with van der Waals surface area (Å²) in [6.45, 7) is 0. The second-order valence-electron chi connectivity index (χ2n) is 8.15. The Morgan fingerprint density at radius 2 is 1.03 bits per heavy atom. The number of hydrogen-bond acceptors (Lipinski definition) is 2. The van der Waals surface area contributed by atoms with Gasteiger partial charge in [0.1, 0.15) is 5.84 Å². The highest BCUT2D eigenvalue weighted by Gasteiger charge is 2.32. The number of alkyl halides is 6. The molecule has 0 saturated heterocycles. The molecule has 4 aromatic carbocycles. The van der Waals surface area contributed by atoms with E-state index < -0.39 is 23.5 Å². The normalized spacial score (nSPS) is 13.8. The number of halogens is 6. The summed E-state index contributed by atoms with van der Waals surface area (Å²) >= 11 is 0. The molecule has 3 N–H and O–H groups in total. The minimum absolute atomic E-state index is 0.0398. The Morgan fingerprint density at radius 1 is 0.600 bits per heavy atom. The van der Waals surface area contributed by atoms with Gasteiger partial charge in [0.2, 0.25) is 0 Å². The molecule has 176 valence electrons. The van der Waals surface area contributed by atoms with Gasteiger partial charge in [-0.3, -0.25) is 5.41 Å². The lowest BCUT2D eigenvalue weighted by Gasteiger charge is -2.16. The van der Waals surface area contributed by atoms with E-state index in [4.69, 9.17) is 11.1 Å². The third kappa shape index (κ3) is 4.03. The zero-order valence-electron chi connectivity index (χ0n) is 17.7. The van der Waals surface area contributed by atoms with Crippen LogP contribution in [0, 0.1) is 5.41 Å². The topological polar surface area (TPSA) is 62.2 Å². The summed E-state index contributed by atoms with van der Waals surface area (Å²) in [5, 5.41) is 9.19. The number of rotatable bonds is 2. The molecule has 0 unspecified atom stereocenters. The third-order valence-electron chi connectivity index (χ3n) is 5.88. The lowest BCUT2D eigenvalue weighted by atomic mass is 9.89. The van der Waals surface area contributed by atoms with Gasteiger partial charge >= 0.3 is 12.4 Å². The Hall–Kier alpha value is -4.14. The van der Waals surface area contributed by atoms with Gasteiger partial charge in [-0.1, -0.05) is 24.3 Å². The minimum Gasteiger partial charge on any atom is -0.383 e.